The second kappa shape index (κ2) is 7.53. The van der Waals surface area contributed by atoms with Crippen molar-refractivity contribution < 1.29 is 0 Å². The lowest BCUT2D eigenvalue weighted by Gasteiger charge is -2.23. The highest BCUT2D eigenvalue weighted by Crippen LogP contribution is 2.17. The summed E-state index contributed by atoms with van der Waals surface area (Å²) in [6.45, 7) is 7.90. The fraction of sp³-hybridized carbons (Fsp3) is 0.529. The topological polar surface area (TPSA) is 71.0 Å². The fourth-order valence-corrected chi connectivity index (χ4v) is 3.90. The van der Waals surface area contributed by atoms with E-state index in [0.717, 1.165) is 34.5 Å². The lowest BCUT2D eigenvalue weighted by Crippen LogP contribution is -2.42. The average molecular weight is 393 g/mol. The maximum Gasteiger partial charge on any atom is 0.189 e. The van der Waals surface area contributed by atoms with Gasteiger partial charge in [0.1, 0.15) is 5.65 Å². The van der Waals surface area contributed by atoms with Crippen LogP contribution in [-0.2, 0) is 6.54 Å². The van der Waals surface area contributed by atoms with Gasteiger partial charge in [-0.05, 0) is 60.4 Å². The molecule has 0 saturated carbocycles. The number of nitrogens with one attached hydrogen (secondary N) is 1. The third-order valence-corrected chi connectivity index (χ3v) is 5.02. The highest BCUT2D eigenvalue weighted by Gasteiger charge is 2.22. The maximum absolute atomic E-state index is 6.01. The quantitative estimate of drug-likeness (QED) is 0.604. The molecule has 0 aliphatic carbocycles. The Bertz CT molecular complexity index is 738. The van der Waals surface area contributed by atoms with E-state index in [9.17, 15) is 0 Å². The summed E-state index contributed by atoms with van der Waals surface area (Å²) in [6.07, 6.45) is 6.51. The number of likely N-dealkylation sites (N-methyl/N-ethyl adjacent to an activating group) is 1. The van der Waals surface area contributed by atoms with E-state index in [2.05, 4.69) is 56.0 Å². The number of fused-ring (bicyclic) bond motifs is 1. The molecule has 1 fully saturated rings. The standard InChI is InChI=1S/C17H25BrN6/c1-3-23-6-4-5-15(23)9-21-17(19)20-8-14-11-24-10-13(18)7-12(2)16(24)22-14/h7,10-11,15H,3-6,8-9H2,1-2H3,(H3,19,20,21). The minimum Gasteiger partial charge on any atom is -0.370 e. The van der Waals surface area contributed by atoms with Crippen LogP contribution < -0.4 is 11.1 Å². The number of aryl methyl sites for hydroxylation is 1. The number of imidazole rings is 1. The molecule has 130 valence electrons. The maximum atomic E-state index is 6.01. The molecule has 1 unspecified atom stereocenters. The number of rotatable bonds is 5. The van der Waals surface area contributed by atoms with Gasteiger partial charge in [0.25, 0.3) is 0 Å². The largest absolute Gasteiger partial charge is 0.370 e. The molecule has 3 heterocycles. The Morgan fingerprint density at radius 2 is 2.33 bits per heavy atom. The van der Waals surface area contributed by atoms with Gasteiger partial charge in [-0.15, -0.1) is 0 Å². The molecule has 1 atom stereocenters. The molecule has 1 aliphatic heterocycles. The zero-order chi connectivity index (χ0) is 17.1. The number of hydrogen-bond donors (Lipinski definition) is 2. The molecule has 24 heavy (non-hydrogen) atoms. The Labute approximate surface area is 151 Å². The minimum absolute atomic E-state index is 0.486. The number of aromatic nitrogens is 2. The Balaban J connectivity index is 1.59. The van der Waals surface area contributed by atoms with E-state index in [1.165, 1.54) is 19.4 Å². The molecule has 0 aromatic carbocycles. The molecule has 7 heteroatoms. The van der Waals surface area contributed by atoms with E-state index in [-0.39, 0.29) is 0 Å². The van der Waals surface area contributed by atoms with Crippen LogP contribution in [0.2, 0.25) is 0 Å². The second-order valence-electron chi connectivity index (χ2n) is 6.31. The highest BCUT2D eigenvalue weighted by atomic mass is 79.9. The summed E-state index contributed by atoms with van der Waals surface area (Å²) in [5, 5.41) is 3.26. The third-order valence-electron chi connectivity index (χ3n) is 4.59. The van der Waals surface area contributed by atoms with Gasteiger partial charge in [-0.25, -0.2) is 9.98 Å². The molecule has 0 radical (unpaired) electrons. The Kier molecular flexibility index (Phi) is 5.40. The van der Waals surface area contributed by atoms with E-state index in [1.807, 2.05) is 16.8 Å². The van der Waals surface area contributed by atoms with Crippen molar-refractivity contribution in [2.75, 3.05) is 19.6 Å². The molecule has 1 saturated heterocycles. The summed E-state index contributed by atoms with van der Waals surface area (Å²) in [6, 6.07) is 2.63. The van der Waals surface area contributed by atoms with Gasteiger partial charge in [0.15, 0.2) is 5.96 Å². The number of guanidine groups is 1. The zero-order valence-electron chi connectivity index (χ0n) is 14.3. The van der Waals surface area contributed by atoms with E-state index < -0.39 is 0 Å². The van der Waals surface area contributed by atoms with Gasteiger partial charge in [-0.2, -0.15) is 0 Å². The number of aliphatic imine (C=N–C) groups is 1. The molecule has 0 bridgehead atoms. The molecule has 1 aliphatic rings. The van der Waals surface area contributed by atoms with Crippen molar-refractivity contribution in [3.63, 3.8) is 0 Å². The lowest BCUT2D eigenvalue weighted by molar-refractivity contribution is 0.267. The minimum atomic E-state index is 0.486. The van der Waals surface area contributed by atoms with E-state index in [0.29, 0.717) is 18.5 Å². The molecule has 2 aromatic heterocycles. The summed E-state index contributed by atoms with van der Waals surface area (Å²) >= 11 is 3.51. The monoisotopic (exact) mass is 392 g/mol. The first-order valence-corrected chi connectivity index (χ1v) is 9.27. The molecule has 0 spiro atoms. The summed E-state index contributed by atoms with van der Waals surface area (Å²) in [5.41, 5.74) is 9.02. The van der Waals surface area contributed by atoms with Gasteiger partial charge in [0, 0.05) is 29.5 Å². The van der Waals surface area contributed by atoms with Crippen molar-refractivity contribution >= 4 is 27.5 Å². The van der Waals surface area contributed by atoms with Crippen LogP contribution in [0.25, 0.3) is 5.65 Å². The number of likely N-dealkylation sites (tertiary alicyclic amines) is 1. The van der Waals surface area contributed by atoms with Crippen molar-refractivity contribution in [3.8, 4) is 0 Å². The second-order valence-corrected chi connectivity index (χ2v) is 7.23. The Morgan fingerprint density at radius 1 is 1.50 bits per heavy atom. The first-order valence-electron chi connectivity index (χ1n) is 8.48. The normalized spacial score (nSPS) is 19.3. The van der Waals surface area contributed by atoms with Crippen LogP contribution in [0.4, 0.5) is 0 Å². The smallest absolute Gasteiger partial charge is 0.189 e. The third kappa shape index (κ3) is 3.89. The number of halogens is 1. The molecule has 6 nitrogen and oxygen atoms in total. The molecular weight excluding hydrogens is 368 g/mol. The summed E-state index contributed by atoms with van der Waals surface area (Å²) in [7, 11) is 0. The SMILES string of the molecule is CCN1CCCC1CNC(N)=NCc1cn2cc(Br)cc(C)c2n1. The number of pyridine rings is 1. The van der Waals surface area contributed by atoms with Crippen LogP contribution >= 0.6 is 15.9 Å². The van der Waals surface area contributed by atoms with Gasteiger partial charge in [0.05, 0.1) is 12.2 Å². The van der Waals surface area contributed by atoms with Crippen LogP contribution in [-0.4, -0.2) is 45.9 Å². The van der Waals surface area contributed by atoms with Crippen molar-refractivity contribution in [1.82, 2.24) is 19.6 Å². The Hall–Kier alpha value is -1.60. The van der Waals surface area contributed by atoms with Crippen molar-refractivity contribution in [2.24, 2.45) is 10.7 Å². The van der Waals surface area contributed by atoms with Crippen LogP contribution in [0.5, 0.6) is 0 Å². The molecular formula is C17H25BrN6. The van der Waals surface area contributed by atoms with Gasteiger partial charge >= 0.3 is 0 Å². The van der Waals surface area contributed by atoms with Crippen LogP contribution in [0.15, 0.2) is 27.9 Å². The first kappa shape index (κ1) is 17.2. The van der Waals surface area contributed by atoms with Crippen LogP contribution in [0.3, 0.4) is 0 Å². The molecule has 0 amide bonds. The number of hydrogen-bond acceptors (Lipinski definition) is 3. The summed E-state index contributed by atoms with van der Waals surface area (Å²) in [4.78, 5) is 11.6. The lowest BCUT2D eigenvalue weighted by atomic mass is 10.2. The predicted molar refractivity (Wildman–Crippen MR) is 101 cm³/mol. The van der Waals surface area contributed by atoms with E-state index >= 15 is 0 Å². The highest BCUT2D eigenvalue weighted by molar-refractivity contribution is 9.10. The summed E-state index contributed by atoms with van der Waals surface area (Å²) < 4.78 is 3.06. The van der Waals surface area contributed by atoms with E-state index in [1.54, 1.807) is 0 Å². The average Bonchev–Trinajstić information content (AvgIpc) is 3.16. The number of nitrogens with zero attached hydrogens (tertiary/aromatic N) is 4. The van der Waals surface area contributed by atoms with Gasteiger partial charge in [0.2, 0.25) is 0 Å². The zero-order valence-corrected chi connectivity index (χ0v) is 15.9. The Morgan fingerprint density at radius 3 is 3.12 bits per heavy atom. The van der Waals surface area contributed by atoms with Crippen LogP contribution in [0, 0.1) is 6.92 Å². The molecule has 2 aromatic rings. The van der Waals surface area contributed by atoms with Crippen molar-refractivity contribution in [2.45, 2.75) is 39.3 Å². The predicted octanol–water partition coefficient (Wildman–Crippen LogP) is 2.29. The van der Waals surface area contributed by atoms with Gasteiger partial charge in [-0.1, -0.05) is 6.92 Å². The first-order chi connectivity index (χ1) is 11.6. The summed E-state index contributed by atoms with van der Waals surface area (Å²) in [5.74, 6) is 0.493. The van der Waals surface area contributed by atoms with Gasteiger partial charge in [-0.3, -0.25) is 4.90 Å². The van der Waals surface area contributed by atoms with Gasteiger partial charge < -0.3 is 15.5 Å². The molecule has 3 rings (SSSR count). The van der Waals surface area contributed by atoms with Crippen LogP contribution in [0.1, 0.15) is 31.0 Å². The van der Waals surface area contributed by atoms with Crippen molar-refractivity contribution in [3.05, 3.63) is 34.2 Å². The fourth-order valence-electron chi connectivity index (χ4n) is 3.34. The van der Waals surface area contributed by atoms with Crippen molar-refractivity contribution in [1.29, 1.82) is 0 Å². The molecule has 3 N–H and O–H groups in total. The number of nitrogens with two attached hydrogens (primary N) is 1. The van der Waals surface area contributed by atoms with E-state index in [4.69, 9.17) is 5.73 Å².